The molecule has 2 heterocycles. The highest BCUT2D eigenvalue weighted by Gasteiger charge is 2.28. The summed E-state index contributed by atoms with van der Waals surface area (Å²) >= 11 is 0. The van der Waals surface area contributed by atoms with Gasteiger partial charge in [0.1, 0.15) is 5.75 Å². The molecule has 2 aliphatic rings. The Morgan fingerprint density at radius 3 is 2.52 bits per heavy atom. The van der Waals surface area contributed by atoms with E-state index in [2.05, 4.69) is 15.5 Å². The number of hydrogen-bond donors (Lipinski definition) is 1. The summed E-state index contributed by atoms with van der Waals surface area (Å²) in [4.78, 5) is 27.5. The second-order valence-electron chi connectivity index (χ2n) is 7.55. The third kappa shape index (κ3) is 4.11. The minimum Gasteiger partial charge on any atom is -0.494 e. The molecule has 4 rings (SSSR count). The largest absolute Gasteiger partial charge is 0.494 e. The Morgan fingerprint density at radius 2 is 1.83 bits per heavy atom. The van der Waals surface area contributed by atoms with Gasteiger partial charge >= 0.3 is 0 Å². The summed E-state index contributed by atoms with van der Waals surface area (Å²) in [6, 6.07) is 7.76. The fourth-order valence-corrected chi connectivity index (χ4v) is 4.06. The molecule has 1 amide bonds. The summed E-state index contributed by atoms with van der Waals surface area (Å²) in [5.74, 6) is 0.846. The summed E-state index contributed by atoms with van der Waals surface area (Å²) < 4.78 is 7.01. The first-order chi connectivity index (χ1) is 14.2. The molecule has 1 aromatic carbocycles. The molecular weight excluding hydrogens is 370 g/mol. The average Bonchev–Trinajstić information content (AvgIpc) is 3.00. The van der Waals surface area contributed by atoms with E-state index < -0.39 is 5.91 Å². The minimum atomic E-state index is -0.413. The first-order valence-electron chi connectivity index (χ1n) is 10.5. The molecule has 1 aromatic heterocycles. The van der Waals surface area contributed by atoms with E-state index in [9.17, 15) is 9.59 Å². The van der Waals surface area contributed by atoms with E-state index in [1.165, 1.54) is 17.4 Å². The van der Waals surface area contributed by atoms with Gasteiger partial charge in [-0.25, -0.2) is 0 Å². The van der Waals surface area contributed by atoms with E-state index in [1.807, 2.05) is 36.1 Å². The number of anilines is 2. The van der Waals surface area contributed by atoms with Crippen LogP contribution in [-0.2, 0) is 6.54 Å². The highest BCUT2D eigenvalue weighted by atomic mass is 16.5. The quantitative estimate of drug-likeness (QED) is 0.780. The van der Waals surface area contributed by atoms with Crippen molar-refractivity contribution in [1.29, 1.82) is 0 Å². The number of ether oxygens (including phenoxy) is 1. The molecule has 8 nitrogen and oxygen atoms in total. The molecule has 1 aliphatic carbocycles. The lowest BCUT2D eigenvalue weighted by atomic mass is 10.1. The van der Waals surface area contributed by atoms with Crippen molar-refractivity contribution in [1.82, 2.24) is 20.1 Å². The zero-order valence-electron chi connectivity index (χ0n) is 16.8. The fraction of sp³-hybridized carbons (Fsp3) is 0.524. The van der Waals surface area contributed by atoms with Gasteiger partial charge in [-0.05, 0) is 44.0 Å². The van der Waals surface area contributed by atoms with Crippen LogP contribution in [0.25, 0.3) is 0 Å². The molecule has 0 spiro atoms. The van der Waals surface area contributed by atoms with Crippen LogP contribution in [0.15, 0.2) is 29.1 Å². The summed E-state index contributed by atoms with van der Waals surface area (Å²) in [5, 5.41) is 11.2. The molecule has 0 bridgehead atoms. The van der Waals surface area contributed by atoms with Crippen molar-refractivity contribution < 1.29 is 9.53 Å². The predicted octanol–water partition coefficient (Wildman–Crippen LogP) is 2.64. The van der Waals surface area contributed by atoms with Crippen molar-refractivity contribution in [2.24, 2.45) is 0 Å². The predicted molar refractivity (Wildman–Crippen MR) is 110 cm³/mol. The van der Waals surface area contributed by atoms with E-state index in [0.29, 0.717) is 25.6 Å². The van der Waals surface area contributed by atoms with Gasteiger partial charge in [-0.15, -0.1) is 10.2 Å². The van der Waals surface area contributed by atoms with E-state index in [4.69, 9.17) is 4.74 Å². The Kier molecular flexibility index (Phi) is 5.78. The maximum absolute atomic E-state index is 12.9. The average molecular weight is 397 g/mol. The molecule has 1 aliphatic heterocycles. The third-order valence-electron chi connectivity index (χ3n) is 5.58. The molecule has 0 unspecified atom stereocenters. The van der Waals surface area contributed by atoms with Crippen LogP contribution >= 0.6 is 0 Å². The van der Waals surface area contributed by atoms with E-state index in [1.54, 1.807) is 0 Å². The van der Waals surface area contributed by atoms with Crippen LogP contribution in [0.1, 0.15) is 55.9 Å². The number of carbonyl (C=O) groups excluding carboxylic acids is 1. The van der Waals surface area contributed by atoms with Gasteiger partial charge in [0.15, 0.2) is 0 Å². The third-order valence-corrected chi connectivity index (χ3v) is 5.58. The molecule has 1 N–H and O–H groups in total. The molecule has 1 fully saturated rings. The SMILES string of the molecule is CCOc1ccc(N2CCn3c2nnc(C(=O)NC2CCCCCC2)c3=O)cc1. The highest BCUT2D eigenvalue weighted by Crippen LogP contribution is 2.28. The summed E-state index contributed by atoms with van der Waals surface area (Å²) in [6.07, 6.45) is 6.53. The molecule has 1 saturated carbocycles. The first kappa shape index (κ1) is 19.4. The normalized spacial score (nSPS) is 16.9. The van der Waals surface area contributed by atoms with Gasteiger partial charge in [0.25, 0.3) is 11.5 Å². The maximum Gasteiger partial charge on any atom is 0.286 e. The number of nitrogens with zero attached hydrogens (tertiary/aromatic N) is 4. The molecule has 29 heavy (non-hydrogen) atoms. The zero-order chi connectivity index (χ0) is 20.2. The van der Waals surface area contributed by atoms with Crippen LogP contribution in [-0.4, -0.2) is 39.9 Å². The van der Waals surface area contributed by atoms with Crippen molar-refractivity contribution in [3.8, 4) is 5.75 Å². The van der Waals surface area contributed by atoms with Crippen LogP contribution in [0, 0.1) is 0 Å². The zero-order valence-corrected chi connectivity index (χ0v) is 16.8. The number of amides is 1. The molecule has 0 radical (unpaired) electrons. The van der Waals surface area contributed by atoms with Gasteiger partial charge in [-0.2, -0.15) is 0 Å². The summed E-state index contributed by atoms with van der Waals surface area (Å²) in [6.45, 7) is 3.63. The maximum atomic E-state index is 12.9. The van der Waals surface area contributed by atoms with Gasteiger partial charge in [0.2, 0.25) is 11.6 Å². The Labute approximate surface area is 169 Å². The molecule has 2 aromatic rings. The van der Waals surface area contributed by atoms with Crippen LogP contribution in [0.3, 0.4) is 0 Å². The number of nitrogens with one attached hydrogen (secondary N) is 1. The number of aromatic nitrogens is 3. The van der Waals surface area contributed by atoms with Crippen molar-refractivity contribution >= 4 is 17.5 Å². The Balaban J connectivity index is 1.52. The molecule has 154 valence electrons. The van der Waals surface area contributed by atoms with Gasteiger partial charge in [-0.3, -0.25) is 14.2 Å². The molecule has 0 saturated heterocycles. The van der Waals surface area contributed by atoms with Crippen molar-refractivity contribution in [3.05, 3.63) is 40.3 Å². The monoisotopic (exact) mass is 397 g/mol. The van der Waals surface area contributed by atoms with Crippen LogP contribution in [0.5, 0.6) is 5.75 Å². The van der Waals surface area contributed by atoms with Gasteiger partial charge in [0, 0.05) is 24.8 Å². The second-order valence-corrected chi connectivity index (χ2v) is 7.55. The van der Waals surface area contributed by atoms with Gasteiger partial charge in [-0.1, -0.05) is 25.7 Å². The standard InChI is InChI=1S/C21H27N5O3/c1-2-29-17-11-9-16(10-12-17)25-13-14-26-20(28)18(23-24-21(25)26)19(27)22-15-7-5-3-4-6-8-15/h9-12,15H,2-8,13-14H2,1H3,(H,22,27). The second kappa shape index (κ2) is 8.63. The summed E-state index contributed by atoms with van der Waals surface area (Å²) in [7, 11) is 0. The van der Waals surface area contributed by atoms with E-state index in [0.717, 1.165) is 37.1 Å². The number of benzene rings is 1. The van der Waals surface area contributed by atoms with Crippen LogP contribution in [0.4, 0.5) is 11.6 Å². The fourth-order valence-electron chi connectivity index (χ4n) is 4.06. The smallest absolute Gasteiger partial charge is 0.286 e. The molecule has 0 atom stereocenters. The van der Waals surface area contributed by atoms with Crippen LogP contribution in [0.2, 0.25) is 0 Å². The first-order valence-corrected chi connectivity index (χ1v) is 10.5. The van der Waals surface area contributed by atoms with E-state index >= 15 is 0 Å². The van der Waals surface area contributed by atoms with Gasteiger partial charge < -0.3 is 15.0 Å². The summed E-state index contributed by atoms with van der Waals surface area (Å²) in [5.41, 5.74) is 0.408. The van der Waals surface area contributed by atoms with Gasteiger partial charge in [0.05, 0.1) is 6.61 Å². The lowest BCUT2D eigenvalue weighted by Gasteiger charge is -2.18. The molecule has 8 heteroatoms. The Morgan fingerprint density at radius 1 is 1.10 bits per heavy atom. The number of rotatable bonds is 5. The van der Waals surface area contributed by atoms with E-state index in [-0.39, 0.29) is 17.3 Å². The van der Waals surface area contributed by atoms with Crippen molar-refractivity contribution in [2.75, 3.05) is 18.1 Å². The lowest BCUT2D eigenvalue weighted by Crippen LogP contribution is -2.40. The Bertz CT molecular complexity index is 917. The topological polar surface area (TPSA) is 89.3 Å². The highest BCUT2D eigenvalue weighted by molar-refractivity contribution is 5.92. The van der Waals surface area contributed by atoms with Crippen molar-refractivity contribution in [2.45, 2.75) is 58.0 Å². The van der Waals surface area contributed by atoms with Crippen molar-refractivity contribution in [3.63, 3.8) is 0 Å². The molecular formula is C21H27N5O3. The number of fused-ring (bicyclic) bond motifs is 1. The van der Waals surface area contributed by atoms with Crippen LogP contribution < -0.4 is 20.5 Å². The minimum absolute atomic E-state index is 0.116. The number of carbonyl (C=O) groups is 1. The number of hydrogen-bond acceptors (Lipinski definition) is 6. The Hall–Kier alpha value is -2.90. The lowest BCUT2D eigenvalue weighted by molar-refractivity contribution is 0.0924.